The first kappa shape index (κ1) is 25.9. The lowest BCUT2D eigenvalue weighted by atomic mass is 10.1. The molecule has 10 heteroatoms. The molecule has 0 saturated carbocycles. The van der Waals surface area contributed by atoms with Crippen LogP contribution >= 0.6 is 0 Å². The molecule has 0 spiro atoms. The monoisotopic (exact) mass is 468 g/mol. The minimum atomic E-state index is -1.02. The van der Waals surface area contributed by atoms with Gasteiger partial charge in [0.25, 0.3) is 0 Å². The van der Waals surface area contributed by atoms with E-state index in [9.17, 15) is 19.6 Å². The van der Waals surface area contributed by atoms with E-state index in [2.05, 4.69) is 4.98 Å². The predicted molar refractivity (Wildman–Crippen MR) is 119 cm³/mol. The van der Waals surface area contributed by atoms with E-state index in [-0.39, 0.29) is 36.9 Å². The van der Waals surface area contributed by atoms with Crippen LogP contribution < -0.4 is 9.47 Å². The summed E-state index contributed by atoms with van der Waals surface area (Å²) >= 11 is 0. The summed E-state index contributed by atoms with van der Waals surface area (Å²) in [6.07, 6.45) is 2.08. The lowest BCUT2D eigenvalue weighted by Gasteiger charge is -2.11. The van der Waals surface area contributed by atoms with Crippen molar-refractivity contribution in [3.8, 4) is 17.6 Å². The molecule has 0 fully saturated rings. The zero-order chi connectivity index (χ0) is 24.8. The van der Waals surface area contributed by atoms with Crippen LogP contribution in [0.2, 0.25) is 0 Å². The number of nitriles is 1. The Morgan fingerprint density at radius 3 is 2.29 bits per heavy atom. The molecule has 0 unspecified atom stereocenters. The van der Waals surface area contributed by atoms with E-state index in [1.54, 1.807) is 26.1 Å². The van der Waals surface area contributed by atoms with E-state index in [4.69, 9.17) is 23.7 Å². The minimum Gasteiger partial charge on any atom is -0.462 e. The molecule has 0 radical (unpaired) electrons. The van der Waals surface area contributed by atoms with E-state index in [0.29, 0.717) is 18.4 Å². The predicted octanol–water partition coefficient (Wildman–Crippen LogP) is 4.24. The Labute approximate surface area is 196 Å². The molecule has 0 N–H and O–H groups in total. The van der Waals surface area contributed by atoms with Crippen LogP contribution in [0.25, 0.3) is 6.08 Å². The summed E-state index contributed by atoms with van der Waals surface area (Å²) in [5.41, 5.74) is 0.922. The van der Waals surface area contributed by atoms with Crippen LogP contribution in [0, 0.1) is 11.3 Å². The summed E-state index contributed by atoms with van der Waals surface area (Å²) in [6, 6.07) is 11.4. The lowest BCUT2D eigenvalue weighted by Crippen LogP contribution is -2.14. The summed E-state index contributed by atoms with van der Waals surface area (Å²) in [5.74, 6) is -1.08. The Morgan fingerprint density at radius 1 is 0.971 bits per heavy atom. The Balaban J connectivity index is 2.11. The number of benzene rings is 1. The van der Waals surface area contributed by atoms with Gasteiger partial charge in [0.15, 0.2) is 11.5 Å². The molecule has 1 heterocycles. The Morgan fingerprint density at radius 2 is 1.68 bits per heavy atom. The second-order valence-corrected chi connectivity index (χ2v) is 6.51. The van der Waals surface area contributed by atoms with E-state index >= 15 is 0 Å². The first-order valence-electron chi connectivity index (χ1n) is 10.5. The SMILES string of the molecule is CCOC(=O)Oc1ccc(C=C(C#N)C(=O)OCCCc2ccccn2)cc1OC(=O)OCC. The first-order chi connectivity index (χ1) is 16.5. The number of aryl methyl sites for hydroxylation is 1. The van der Waals surface area contributed by atoms with Crippen molar-refractivity contribution in [1.82, 2.24) is 4.98 Å². The number of pyridine rings is 1. The van der Waals surface area contributed by atoms with Crippen molar-refractivity contribution in [2.24, 2.45) is 0 Å². The molecule has 0 aliphatic rings. The van der Waals surface area contributed by atoms with Crippen LogP contribution in [0.3, 0.4) is 0 Å². The second kappa shape index (κ2) is 13.9. The van der Waals surface area contributed by atoms with Crippen molar-refractivity contribution in [2.45, 2.75) is 26.7 Å². The van der Waals surface area contributed by atoms with Crippen LogP contribution in [-0.4, -0.2) is 43.1 Å². The van der Waals surface area contributed by atoms with Gasteiger partial charge in [0.1, 0.15) is 11.6 Å². The van der Waals surface area contributed by atoms with Gasteiger partial charge in [-0.05, 0) is 62.6 Å². The van der Waals surface area contributed by atoms with Crippen molar-refractivity contribution in [2.75, 3.05) is 19.8 Å². The van der Waals surface area contributed by atoms with Crippen LogP contribution in [0.15, 0.2) is 48.2 Å². The molecule has 2 rings (SSSR count). The molecule has 1 aromatic heterocycles. The minimum absolute atomic E-state index is 0.0667. The Hall–Kier alpha value is -4.39. The summed E-state index contributed by atoms with van der Waals surface area (Å²) in [6.45, 7) is 3.46. The van der Waals surface area contributed by atoms with Gasteiger partial charge in [0.05, 0.1) is 19.8 Å². The number of nitrogens with zero attached hydrogens (tertiary/aromatic N) is 2. The summed E-state index contributed by atoms with van der Waals surface area (Å²) in [5, 5.41) is 9.39. The smallest absolute Gasteiger partial charge is 0.462 e. The molecule has 178 valence electrons. The average Bonchev–Trinajstić information content (AvgIpc) is 2.82. The first-order valence-corrected chi connectivity index (χ1v) is 10.5. The third-order valence-electron chi connectivity index (χ3n) is 4.07. The topological polar surface area (TPSA) is 134 Å². The van der Waals surface area contributed by atoms with Crippen molar-refractivity contribution in [3.63, 3.8) is 0 Å². The van der Waals surface area contributed by atoms with Crippen molar-refractivity contribution in [1.29, 1.82) is 5.26 Å². The molecular weight excluding hydrogens is 444 g/mol. The fourth-order valence-electron chi connectivity index (χ4n) is 2.60. The molecule has 0 bridgehead atoms. The highest BCUT2D eigenvalue weighted by Crippen LogP contribution is 2.30. The van der Waals surface area contributed by atoms with Gasteiger partial charge < -0.3 is 23.7 Å². The zero-order valence-electron chi connectivity index (χ0n) is 18.8. The molecule has 2 aromatic rings. The zero-order valence-corrected chi connectivity index (χ0v) is 18.8. The quantitative estimate of drug-likeness (QED) is 0.124. The molecule has 0 atom stereocenters. The van der Waals surface area contributed by atoms with E-state index in [0.717, 1.165) is 5.69 Å². The van der Waals surface area contributed by atoms with Gasteiger partial charge in [0, 0.05) is 11.9 Å². The average molecular weight is 468 g/mol. The van der Waals surface area contributed by atoms with Gasteiger partial charge in [-0.15, -0.1) is 0 Å². The third kappa shape index (κ3) is 8.63. The normalized spacial score (nSPS) is 10.6. The largest absolute Gasteiger partial charge is 0.513 e. The molecule has 0 saturated heterocycles. The molecule has 1 aromatic carbocycles. The molecule has 10 nitrogen and oxygen atoms in total. The van der Waals surface area contributed by atoms with Gasteiger partial charge in [-0.1, -0.05) is 12.1 Å². The maximum Gasteiger partial charge on any atom is 0.513 e. The summed E-state index contributed by atoms with van der Waals surface area (Å²) < 4.78 is 24.7. The fraction of sp³-hybridized carbons (Fsp3) is 0.292. The highest BCUT2D eigenvalue weighted by atomic mass is 16.7. The molecule has 0 amide bonds. The number of hydrogen-bond donors (Lipinski definition) is 0. The lowest BCUT2D eigenvalue weighted by molar-refractivity contribution is -0.138. The molecule has 0 aliphatic carbocycles. The van der Waals surface area contributed by atoms with Crippen LogP contribution in [0.5, 0.6) is 11.5 Å². The number of esters is 1. The third-order valence-corrected chi connectivity index (χ3v) is 4.07. The van der Waals surface area contributed by atoms with Crippen LogP contribution in [0.1, 0.15) is 31.5 Å². The summed E-state index contributed by atoms with van der Waals surface area (Å²) in [4.78, 5) is 39.9. The van der Waals surface area contributed by atoms with E-state index in [1.165, 1.54) is 24.3 Å². The molecule has 0 aliphatic heterocycles. The van der Waals surface area contributed by atoms with E-state index in [1.807, 2.05) is 18.2 Å². The van der Waals surface area contributed by atoms with Gasteiger partial charge in [0.2, 0.25) is 0 Å². The number of carbonyl (C=O) groups is 3. The fourth-order valence-corrected chi connectivity index (χ4v) is 2.60. The van der Waals surface area contributed by atoms with E-state index < -0.39 is 18.3 Å². The van der Waals surface area contributed by atoms with Gasteiger partial charge in [-0.25, -0.2) is 14.4 Å². The maximum atomic E-state index is 12.3. The maximum absolute atomic E-state index is 12.3. The number of aromatic nitrogens is 1. The van der Waals surface area contributed by atoms with Gasteiger partial charge in [-0.3, -0.25) is 4.98 Å². The Bertz CT molecular complexity index is 1060. The number of carbonyl (C=O) groups excluding carboxylic acids is 3. The van der Waals surface area contributed by atoms with Crippen LogP contribution in [-0.2, 0) is 25.4 Å². The van der Waals surface area contributed by atoms with Crippen molar-refractivity contribution >= 4 is 24.4 Å². The number of hydrogen-bond acceptors (Lipinski definition) is 10. The number of rotatable bonds is 10. The molecular formula is C24H24N2O8. The highest BCUT2D eigenvalue weighted by Gasteiger charge is 2.17. The highest BCUT2D eigenvalue weighted by molar-refractivity contribution is 5.98. The molecule has 34 heavy (non-hydrogen) atoms. The van der Waals surface area contributed by atoms with Gasteiger partial charge in [-0.2, -0.15) is 5.26 Å². The number of ether oxygens (including phenoxy) is 5. The summed E-state index contributed by atoms with van der Waals surface area (Å²) in [7, 11) is 0. The Kier molecular flexibility index (Phi) is 10.6. The second-order valence-electron chi connectivity index (χ2n) is 6.51. The standard InChI is InChI=1S/C24H24N2O8/c1-3-30-23(28)33-20-11-10-17(15-21(20)34-24(29)31-4-2)14-18(16-25)22(27)32-13-7-9-19-8-5-6-12-26-19/h5-6,8,10-12,14-15H,3-4,7,9,13H2,1-2H3. The van der Waals surface area contributed by atoms with Crippen molar-refractivity contribution in [3.05, 3.63) is 59.4 Å². The van der Waals surface area contributed by atoms with Crippen LogP contribution in [0.4, 0.5) is 9.59 Å². The van der Waals surface area contributed by atoms with Gasteiger partial charge >= 0.3 is 18.3 Å². The van der Waals surface area contributed by atoms with Crippen molar-refractivity contribution < 1.29 is 38.1 Å².